The molecule has 0 bridgehead atoms. The summed E-state index contributed by atoms with van der Waals surface area (Å²) in [5.74, 6) is 8.97. The van der Waals surface area contributed by atoms with Crippen LogP contribution in [0.3, 0.4) is 0 Å². The first-order chi connectivity index (χ1) is 12.4. The average molecular weight is 366 g/mol. The summed E-state index contributed by atoms with van der Waals surface area (Å²) in [6, 6.07) is 7.34. The predicted molar refractivity (Wildman–Crippen MR) is 108 cm³/mol. The molecule has 1 aromatic heterocycles. The second kappa shape index (κ2) is 8.65. The number of nitrogens with zero attached hydrogens (tertiary/aromatic N) is 1. The van der Waals surface area contributed by atoms with Crippen molar-refractivity contribution in [2.45, 2.75) is 38.2 Å². The summed E-state index contributed by atoms with van der Waals surface area (Å²) in [5, 5.41) is 3.79. The number of ether oxygens (including phenoxy) is 1. The Morgan fingerprint density at radius 1 is 1.42 bits per heavy atom. The molecule has 1 atom stereocenters. The van der Waals surface area contributed by atoms with E-state index in [1.54, 1.807) is 12.3 Å². The highest BCUT2D eigenvalue weighted by atomic mass is 32.2. The first-order valence-electron chi connectivity index (χ1n) is 8.26. The molecular weight excluding hydrogens is 344 g/mol. The molecule has 1 heterocycles. The number of benzene rings is 1. The van der Waals surface area contributed by atoms with Crippen molar-refractivity contribution in [3.63, 3.8) is 0 Å². The Morgan fingerprint density at radius 2 is 2.19 bits per heavy atom. The van der Waals surface area contributed by atoms with Crippen LogP contribution in [-0.2, 0) is 4.79 Å². The van der Waals surface area contributed by atoms with Crippen molar-refractivity contribution in [1.82, 2.24) is 10.3 Å². The maximum absolute atomic E-state index is 12.6. The summed E-state index contributed by atoms with van der Waals surface area (Å²) in [6.07, 6.45) is 9.65. The van der Waals surface area contributed by atoms with Gasteiger partial charge < -0.3 is 10.1 Å². The number of fused-ring (bicyclic) bond motifs is 1. The molecule has 2 aromatic rings. The molecular formula is C21H22N2O2S. The lowest BCUT2D eigenvalue weighted by Gasteiger charge is -2.24. The Balaban J connectivity index is 2.17. The molecule has 0 aliphatic heterocycles. The minimum absolute atomic E-state index is 0.219. The van der Waals surface area contributed by atoms with Gasteiger partial charge in [0.15, 0.2) is 0 Å². The number of hydrogen-bond donors (Lipinski definition) is 1. The second-order valence-electron chi connectivity index (χ2n) is 6.18. The predicted octanol–water partition coefficient (Wildman–Crippen LogP) is 3.59. The van der Waals surface area contributed by atoms with Gasteiger partial charge >= 0.3 is 0 Å². The first-order valence-corrected chi connectivity index (χ1v) is 9.55. The molecule has 134 valence electrons. The number of nitrogens with one attached hydrogen (secondary N) is 1. The van der Waals surface area contributed by atoms with Crippen LogP contribution in [0.15, 0.2) is 30.5 Å². The molecule has 5 heteroatoms. The summed E-state index contributed by atoms with van der Waals surface area (Å²) < 4.78 is 5.88. The van der Waals surface area contributed by atoms with E-state index in [1.165, 1.54) is 11.8 Å². The molecule has 0 aliphatic rings. The van der Waals surface area contributed by atoms with Gasteiger partial charge in [-0.05, 0) is 44.4 Å². The number of aromatic nitrogens is 1. The van der Waals surface area contributed by atoms with E-state index in [4.69, 9.17) is 11.2 Å². The standard InChI is InChI=1S/C21H22N2O2S/c1-6-8-11-21(3,4)23-19(24)20(26-5)25-17-9-10-18-16(13-17)12-15(7-2)14-22-18/h2,9-10,12-14,20H,6H2,1,3-5H3,(H,23,24). The molecule has 1 aromatic carbocycles. The minimum Gasteiger partial charge on any atom is -0.470 e. The number of rotatable bonds is 5. The molecule has 0 fully saturated rings. The molecule has 0 aliphatic carbocycles. The third kappa shape index (κ3) is 5.18. The van der Waals surface area contributed by atoms with E-state index in [-0.39, 0.29) is 5.91 Å². The number of terminal acetylenes is 1. The maximum Gasteiger partial charge on any atom is 0.272 e. The highest BCUT2D eigenvalue weighted by molar-refractivity contribution is 7.99. The lowest BCUT2D eigenvalue weighted by molar-refractivity contribution is -0.125. The summed E-state index contributed by atoms with van der Waals surface area (Å²) in [5.41, 5.74) is 0.223. The van der Waals surface area contributed by atoms with Gasteiger partial charge in [-0.2, -0.15) is 0 Å². The highest BCUT2D eigenvalue weighted by Crippen LogP contribution is 2.23. The van der Waals surface area contributed by atoms with Crippen LogP contribution >= 0.6 is 11.8 Å². The van der Waals surface area contributed by atoms with Crippen molar-refractivity contribution in [3.05, 3.63) is 36.0 Å². The quantitative estimate of drug-likeness (QED) is 0.649. The van der Waals surface area contributed by atoms with E-state index in [0.29, 0.717) is 11.3 Å². The van der Waals surface area contributed by atoms with Gasteiger partial charge in [0.25, 0.3) is 5.91 Å². The Labute approximate surface area is 159 Å². The number of carbonyl (C=O) groups is 1. The fourth-order valence-electron chi connectivity index (χ4n) is 2.30. The van der Waals surface area contributed by atoms with Crippen molar-refractivity contribution in [2.24, 2.45) is 0 Å². The fourth-order valence-corrected chi connectivity index (χ4v) is 2.78. The van der Waals surface area contributed by atoms with Gasteiger partial charge in [0.1, 0.15) is 5.75 Å². The Morgan fingerprint density at radius 3 is 2.85 bits per heavy atom. The van der Waals surface area contributed by atoms with Gasteiger partial charge in [-0.1, -0.05) is 18.8 Å². The molecule has 0 radical (unpaired) electrons. The summed E-state index contributed by atoms with van der Waals surface area (Å²) in [4.78, 5) is 16.9. The minimum atomic E-state index is -0.682. The molecule has 1 amide bonds. The molecule has 1 unspecified atom stereocenters. The van der Waals surface area contributed by atoms with E-state index >= 15 is 0 Å². The van der Waals surface area contributed by atoms with Crippen molar-refractivity contribution >= 4 is 28.6 Å². The van der Waals surface area contributed by atoms with Crippen molar-refractivity contribution < 1.29 is 9.53 Å². The van der Waals surface area contributed by atoms with Gasteiger partial charge in [0.05, 0.1) is 11.1 Å². The zero-order valence-electron chi connectivity index (χ0n) is 15.4. The SMILES string of the molecule is C#Cc1cnc2ccc(OC(SC)C(=O)NC(C)(C)C#CCC)cc2c1. The lowest BCUT2D eigenvalue weighted by Crippen LogP contribution is -2.47. The molecule has 2 rings (SSSR count). The summed E-state index contributed by atoms with van der Waals surface area (Å²) in [6.45, 7) is 5.71. The Hall–Kier alpha value is -2.63. The van der Waals surface area contributed by atoms with Crippen molar-refractivity contribution in [3.8, 4) is 29.9 Å². The summed E-state index contributed by atoms with van der Waals surface area (Å²) in [7, 11) is 0. The molecule has 4 nitrogen and oxygen atoms in total. The summed E-state index contributed by atoms with van der Waals surface area (Å²) >= 11 is 1.32. The van der Waals surface area contributed by atoms with E-state index < -0.39 is 11.0 Å². The highest BCUT2D eigenvalue weighted by Gasteiger charge is 2.25. The third-order valence-electron chi connectivity index (χ3n) is 3.50. The van der Waals surface area contributed by atoms with Crippen LogP contribution in [0.5, 0.6) is 5.75 Å². The topological polar surface area (TPSA) is 51.2 Å². The Kier molecular flexibility index (Phi) is 6.55. The lowest BCUT2D eigenvalue weighted by atomic mass is 10.1. The largest absolute Gasteiger partial charge is 0.470 e. The van der Waals surface area contributed by atoms with E-state index in [0.717, 1.165) is 17.3 Å². The molecule has 0 saturated heterocycles. The maximum atomic E-state index is 12.6. The number of carbonyl (C=O) groups excluding carboxylic acids is 1. The fraction of sp³-hybridized carbons (Fsp3) is 0.333. The van der Waals surface area contributed by atoms with Crippen LogP contribution in [-0.4, -0.2) is 28.1 Å². The van der Waals surface area contributed by atoms with Crippen LogP contribution in [0.25, 0.3) is 10.9 Å². The molecule has 0 saturated carbocycles. The van der Waals surface area contributed by atoms with Crippen LogP contribution in [0, 0.1) is 24.2 Å². The van der Waals surface area contributed by atoms with E-state index in [2.05, 4.69) is 28.1 Å². The second-order valence-corrected chi connectivity index (χ2v) is 7.08. The first kappa shape index (κ1) is 19.7. The van der Waals surface area contributed by atoms with Gasteiger partial charge in [-0.25, -0.2) is 0 Å². The van der Waals surface area contributed by atoms with Crippen LogP contribution in [0.1, 0.15) is 32.8 Å². The monoisotopic (exact) mass is 366 g/mol. The Bertz CT molecular complexity index is 904. The molecule has 26 heavy (non-hydrogen) atoms. The van der Waals surface area contributed by atoms with Crippen LogP contribution in [0.4, 0.5) is 0 Å². The number of hydrogen-bond acceptors (Lipinski definition) is 4. The zero-order valence-corrected chi connectivity index (χ0v) is 16.2. The third-order valence-corrected chi connectivity index (χ3v) is 4.24. The number of amides is 1. The van der Waals surface area contributed by atoms with Gasteiger partial charge in [0.2, 0.25) is 5.44 Å². The normalized spacial score (nSPS) is 11.8. The van der Waals surface area contributed by atoms with E-state index in [9.17, 15) is 4.79 Å². The number of thioether (sulfide) groups is 1. The van der Waals surface area contributed by atoms with Crippen LogP contribution < -0.4 is 10.1 Å². The van der Waals surface area contributed by atoms with Crippen LogP contribution in [0.2, 0.25) is 0 Å². The van der Waals surface area contributed by atoms with Crippen molar-refractivity contribution in [1.29, 1.82) is 0 Å². The van der Waals surface area contributed by atoms with Gasteiger partial charge in [-0.3, -0.25) is 9.78 Å². The van der Waals surface area contributed by atoms with Gasteiger partial charge in [-0.15, -0.1) is 24.1 Å². The number of pyridine rings is 1. The smallest absolute Gasteiger partial charge is 0.272 e. The van der Waals surface area contributed by atoms with Gasteiger partial charge in [0, 0.05) is 23.6 Å². The zero-order chi connectivity index (χ0) is 19.2. The molecule has 0 spiro atoms. The van der Waals surface area contributed by atoms with Crippen molar-refractivity contribution in [2.75, 3.05) is 6.26 Å². The molecule has 1 N–H and O–H groups in total. The van der Waals surface area contributed by atoms with E-state index in [1.807, 2.05) is 45.2 Å². The average Bonchev–Trinajstić information content (AvgIpc) is 2.63.